The number of methoxy groups -OCH3 is 2. The maximum atomic E-state index is 12.8. The summed E-state index contributed by atoms with van der Waals surface area (Å²) >= 11 is 0. The number of hydrogen-bond acceptors (Lipinski definition) is 6. The molecule has 1 N–H and O–H groups in total. The Balaban J connectivity index is 1.52. The van der Waals surface area contributed by atoms with E-state index in [2.05, 4.69) is 0 Å². The highest BCUT2D eigenvalue weighted by atomic mass is 16.5. The summed E-state index contributed by atoms with van der Waals surface area (Å²) in [5, 5.41) is 9.05. The normalized spacial score (nSPS) is 19.2. The molecular weight excluding hydrogens is 360 g/mol. The first-order valence-corrected chi connectivity index (χ1v) is 9.58. The van der Waals surface area contributed by atoms with Crippen molar-refractivity contribution in [3.8, 4) is 5.75 Å². The van der Waals surface area contributed by atoms with Gasteiger partial charge in [0.05, 0.1) is 27.4 Å². The van der Waals surface area contributed by atoms with Crippen LogP contribution in [0.1, 0.15) is 37.7 Å². The molecule has 2 aliphatic carbocycles. The van der Waals surface area contributed by atoms with E-state index in [0.29, 0.717) is 24.2 Å². The van der Waals surface area contributed by atoms with Crippen LogP contribution < -0.4 is 4.74 Å². The second-order valence-electron chi connectivity index (χ2n) is 7.00. The average Bonchev–Trinajstić information content (AvgIpc) is 3.15. The molecule has 3 rings (SSSR count). The Kier molecular flexibility index (Phi) is 6.52. The van der Waals surface area contributed by atoms with Crippen LogP contribution in [0.2, 0.25) is 0 Å². The summed E-state index contributed by atoms with van der Waals surface area (Å²) in [7, 11) is 2.77. The van der Waals surface area contributed by atoms with Crippen molar-refractivity contribution >= 4 is 11.6 Å². The lowest BCUT2D eigenvalue weighted by atomic mass is 9.87. The molecule has 0 fully saturated rings. The lowest BCUT2D eigenvalue weighted by Crippen LogP contribution is -2.26. The second-order valence-corrected chi connectivity index (χ2v) is 7.00. The molecule has 2 aliphatic rings. The molecule has 0 saturated heterocycles. The van der Waals surface area contributed by atoms with E-state index in [0.717, 1.165) is 37.0 Å². The Morgan fingerprint density at radius 3 is 2.32 bits per heavy atom. The number of allylic oxidation sites excluding steroid dienone is 2. The molecule has 1 aromatic rings. The molecule has 0 bridgehead atoms. The molecule has 6 heteroatoms. The first-order chi connectivity index (χ1) is 13.6. The molecule has 0 saturated carbocycles. The minimum atomic E-state index is -0.217. The van der Waals surface area contributed by atoms with Gasteiger partial charge in [0, 0.05) is 11.1 Å². The van der Waals surface area contributed by atoms with Gasteiger partial charge in [0.1, 0.15) is 5.75 Å². The fraction of sp³-hybridized carbons (Fsp3) is 0.455. The highest BCUT2D eigenvalue weighted by molar-refractivity contribution is 6.24. The van der Waals surface area contributed by atoms with Crippen molar-refractivity contribution in [2.45, 2.75) is 38.7 Å². The van der Waals surface area contributed by atoms with Crippen molar-refractivity contribution in [1.82, 2.24) is 0 Å². The number of unbranched alkanes of at least 4 members (excludes halogenated alkanes) is 1. The number of rotatable bonds is 9. The monoisotopic (exact) mass is 386 g/mol. The summed E-state index contributed by atoms with van der Waals surface area (Å²) in [6.45, 7) is 0.605. The van der Waals surface area contributed by atoms with Crippen LogP contribution in [-0.2, 0) is 25.7 Å². The molecule has 0 heterocycles. The zero-order valence-electron chi connectivity index (χ0n) is 16.3. The van der Waals surface area contributed by atoms with Crippen molar-refractivity contribution in [1.29, 1.82) is 0 Å². The molecule has 6 nitrogen and oxygen atoms in total. The van der Waals surface area contributed by atoms with Crippen LogP contribution in [0.5, 0.6) is 5.75 Å². The minimum absolute atomic E-state index is 0.0204. The molecule has 0 aromatic heterocycles. The van der Waals surface area contributed by atoms with E-state index in [1.54, 1.807) is 0 Å². The Bertz CT molecular complexity index is 803. The van der Waals surface area contributed by atoms with Crippen molar-refractivity contribution in [3.63, 3.8) is 0 Å². The van der Waals surface area contributed by atoms with Crippen LogP contribution in [-0.4, -0.2) is 37.5 Å². The Labute approximate surface area is 164 Å². The Morgan fingerprint density at radius 2 is 1.68 bits per heavy atom. The predicted molar refractivity (Wildman–Crippen MR) is 103 cm³/mol. The summed E-state index contributed by atoms with van der Waals surface area (Å²) < 4.78 is 16.0. The van der Waals surface area contributed by atoms with Gasteiger partial charge in [-0.05, 0) is 55.7 Å². The molecule has 0 amide bonds. The third-order valence-electron chi connectivity index (χ3n) is 5.34. The maximum absolute atomic E-state index is 12.8. The number of ether oxygens (including phenoxy) is 3. The zero-order chi connectivity index (χ0) is 20.1. The average molecular weight is 386 g/mol. The number of carbonyl (C=O) groups excluding carboxylic acids is 2. The summed E-state index contributed by atoms with van der Waals surface area (Å²) in [5.41, 5.74) is 2.06. The summed E-state index contributed by atoms with van der Waals surface area (Å²) in [6.07, 6.45) is 4.02. The van der Waals surface area contributed by atoms with E-state index in [1.165, 1.54) is 14.2 Å². The third-order valence-corrected chi connectivity index (χ3v) is 5.34. The van der Waals surface area contributed by atoms with E-state index >= 15 is 0 Å². The number of Topliss-reactive ketones (excluding diaryl/α,β-unsaturated/α-hetero) is 2. The number of benzene rings is 1. The van der Waals surface area contributed by atoms with E-state index in [1.807, 2.05) is 24.3 Å². The second kappa shape index (κ2) is 9.06. The van der Waals surface area contributed by atoms with Crippen molar-refractivity contribution in [2.75, 3.05) is 20.8 Å². The quantitative estimate of drug-likeness (QED) is 0.519. The highest BCUT2D eigenvalue weighted by Gasteiger charge is 2.42. The van der Waals surface area contributed by atoms with Crippen molar-refractivity contribution < 1.29 is 28.9 Å². The number of aliphatic hydroxyl groups excluding tert-OH is 1. The van der Waals surface area contributed by atoms with Crippen molar-refractivity contribution in [2.24, 2.45) is 5.92 Å². The van der Waals surface area contributed by atoms with Crippen molar-refractivity contribution in [3.05, 3.63) is 52.5 Å². The molecule has 1 unspecified atom stereocenters. The van der Waals surface area contributed by atoms with Gasteiger partial charge < -0.3 is 19.3 Å². The summed E-state index contributed by atoms with van der Waals surface area (Å²) in [5.74, 6) is 0.472. The van der Waals surface area contributed by atoms with E-state index in [4.69, 9.17) is 19.3 Å². The molecule has 0 spiro atoms. The van der Waals surface area contributed by atoms with E-state index < -0.39 is 0 Å². The van der Waals surface area contributed by atoms with Gasteiger partial charge in [0.2, 0.25) is 23.1 Å². The molecule has 0 radical (unpaired) electrons. The van der Waals surface area contributed by atoms with Gasteiger partial charge >= 0.3 is 0 Å². The number of ketones is 2. The standard InChI is InChI=1S/C22H26O6/c1-26-21-19(24)17-11-8-15(18(17)20(25)22(21)27-2)5-3-4-12-28-16-9-6-14(13-23)7-10-16/h6-7,9-10,15,23H,3-5,8,11-13H2,1-2H3. The molecule has 150 valence electrons. The SMILES string of the molecule is COC1=C(OC)C(=O)C2=C(CCC2CCCCOc2ccc(CO)cc2)C1=O. The van der Waals surface area contributed by atoms with Gasteiger partial charge in [-0.1, -0.05) is 12.1 Å². The Morgan fingerprint density at radius 1 is 1.00 bits per heavy atom. The van der Waals surface area contributed by atoms with E-state index in [-0.39, 0.29) is 35.6 Å². The highest BCUT2D eigenvalue weighted by Crippen LogP contribution is 2.42. The van der Waals surface area contributed by atoms with Gasteiger partial charge in [-0.2, -0.15) is 0 Å². The van der Waals surface area contributed by atoms with Crippen LogP contribution in [0.25, 0.3) is 0 Å². The molecule has 1 aromatic carbocycles. The lowest BCUT2D eigenvalue weighted by Gasteiger charge is -2.21. The van der Waals surface area contributed by atoms with Gasteiger partial charge in [-0.15, -0.1) is 0 Å². The molecule has 1 atom stereocenters. The van der Waals surface area contributed by atoms with Crippen LogP contribution >= 0.6 is 0 Å². The number of carbonyl (C=O) groups is 2. The lowest BCUT2D eigenvalue weighted by molar-refractivity contribution is -0.121. The fourth-order valence-electron chi connectivity index (χ4n) is 3.90. The smallest absolute Gasteiger partial charge is 0.228 e. The molecule has 0 aliphatic heterocycles. The Hall–Kier alpha value is -2.60. The summed E-state index contributed by atoms with van der Waals surface area (Å²) in [6, 6.07) is 7.36. The third kappa shape index (κ3) is 3.97. The predicted octanol–water partition coefficient (Wildman–Crippen LogP) is 3.09. The van der Waals surface area contributed by atoms with Gasteiger partial charge in [0.15, 0.2) is 0 Å². The molecular formula is C22H26O6. The molecule has 28 heavy (non-hydrogen) atoms. The van der Waals surface area contributed by atoms with Crippen LogP contribution in [0.3, 0.4) is 0 Å². The van der Waals surface area contributed by atoms with Crippen LogP contribution in [0, 0.1) is 5.92 Å². The van der Waals surface area contributed by atoms with Gasteiger partial charge in [-0.3, -0.25) is 9.59 Å². The van der Waals surface area contributed by atoms with Crippen LogP contribution in [0.15, 0.2) is 46.9 Å². The number of hydrogen-bond donors (Lipinski definition) is 1. The van der Waals surface area contributed by atoms with Gasteiger partial charge in [-0.25, -0.2) is 0 Å². The van der Waals surface area contributed by atoms with E-state index in [9.17, 15) is 9.59 Å². The fourth-order valence-corrected chi connectivity index (χ4v) is 3.90. The summed E-state index contributed by atoms with van der Waals surface area (Å²) in [4.78, 5) is 25.3. The minimum Gasteiger partial charge on any atom is -0.494 e. The maximum Gasteiger partial charge on any atom is 0.228 e. The first kappa shape index (κ1) is 20.1. The topological polar surface area (TPSA) is 82.1 Å². The van der Waals surface area contributed by atoms with Crippen LogP contribution in [0.4, 0.5) is 0 Å². The zero-order valence-corrected chi connectivity index (χ0v) is 16.3. The number of aliphatic hydroxyl groups is 1. The van der Waals surface area contributed by atoms with Gasteiger partial charge in [0.25, 0.3) is 0 Å². The first-order valence-electron chi connectivity index (χ1n) is 9.58. The largest absolute Gasteiger partial charge is 0.494 e.